The molecule has 1 fully saturated rings. The molecule has 0 spiro atoms. The molecule has 1 atom stereocenters. The first-order valence-electron chi connectivity index (χ1n) is 5.17. The number of nitrogens with one attached hydrogen (secondary N) is 2. The maximum Gasteiger partial charge on any atom is 0.305 e. The van der Waals surface area contributed by atoms with Gasteiger partial charge in [-0.2, -0.15) is 0 Å². The molecule has 1 amide bonds. The fourth-order valence-electron chi connectivity index (χ4n) is 1.56. The lowest BCUT2D eigenvalue weighted by atomic mass is 10.1. The number of nitro groups is 1. The number of hydrogen-bond acceptors (Lipinski definition) is 6. The van der Waals surface area contributed by atoms with Gasteiger partial charge >= 0.3 is 5.69 Å². The van der Waals surface area contributed by atoms with Gasteiger partial charge in [-0.05, 0) is 12.8 Å². The Morgan fingerprint density at radius 1 is 1.47 bits per heavy atom. The molecule has 2 N–H and O–H groups in total. The summed E-state index contributed by atoms with van der Waals surface area (Å²) in [5.41, 5.74) is -0.177. The zero-order chi connectivity index (χ0) is 12.3. The third kappa shape index (κ3) is 2.65. The number of rotatable bonds is 3. The average Bonchev–Trinajstić information content (AvgIpc) is 2.33. The van der Waals surface area contributed by atoms with E-state index in [4.69, 9.17) is 0 Å². The molecule has 0 saturated carbocycles. The number of carbonyl (C=O) groups is 1. The summed E-state index contributed by atoms with van der Waals surface area (Å²) >= 11 is 0. The highest BCUT2D eigenvalue weighted by atomic mass is 16.6. The molecule has 1 saturated heterocycles. The van der Waals surface area contributed by atoms with Crippen LogP contribution in [0.15, 0.2) is 12.4 Å². The lowest BCUT2D eigenvalue weighted by molar-refractivity contribution is -0.385. The molecule has 1 aromatic rings. The van der Waals surface area contributed by atoms with Crippen LogP contribution in [0.25, 0.3) is 0 Å². The van der Waals surface area contributed by atoms with E-state index in [1.165, 1.54) is 0 Å². The summed E-state index contributed by atoms with van der Waals surface area (Å²) in [5, 5.41) is 16.0. The SMILES string of the molecule is O=C1NCCCC1Nc1ncc([N+](=O)[O-])cn1. The smallest absolute Gasteiger partial charge is 0.305 e. The highest BCUT2D eigenvalue weighted by Gasteiger charge is 2.22. The standard InChI is InChI=1S/C9H11N5O3/c15-8-7(2-1-3-10-8)13-9-11-4-6(5-12-9)14(16)17/h4-5,7H,1-3H2,(H,10,15)(H,11,12,13). The number of piperidine rings is 1. The predicted molar refractivity (Wildman–Crippen MR) is 58.3 cm³/mol. The van der Waals surface area contributed by atoms with E-state index in [0.717, 1.165) is 18.8 Å². The monoisotopic (exact) mass is 237 g/mol. The molecule has 0 bridgehead atoms. The van der Waals surface area contributed by atoms with Crippen molar-refractivity contribution in [3.63, 3.8) is 0 Å². The van der Waals surface area contributed by atoms with Gasteiger partial charge in [0.25, 0.3) is 0 Å². The van der Waals surface area contributed by atoms with E-state index in [-0.39, 0.29) is 23.6 Å². The number of carbonyl (C=O) groups excluding carboxylic acids is 1. The molecule has 2 rings (SSSR count). The molecular formula is C9H11N5O3. The van der Waals surface area contributed by atoms with Crippen molar-refractivity contribution in [1.82, 2.24) is 15.3 Å². The van der Waals surface area contributed by atoms with Gasteiger partial charge in [0, 0.05) is 6.54 Å². The Balaban J connectivity index is 2.03. The number of amides is 1. The fourth-order valence-corrected chi connectivity index (χ4v) is 1.56. The number of nitrogens with zero attached hydrogens (tertiary/aromatic N) is 3. The zero-order valence-corrected chi connectivity index (χ0v) is 8.92. The lowest BCUT2D eigenvalue weighted by Crippen LogP contribution is -2.44. The van der Waals surface area contributed by atoms with Crippen LogP contribution in [0.3, 0.4) is 0 Å². The van der Waals surface area contributed by atoms with E-state index < -0.39 is 4.92 Å². The van der Waals surface area contributed by atoms with Crippen molar-refractivity contribution >= 4 is 17.5 Å². The molecule has 0 aliphatic carbocycles. The maximum absolute atomic E-state index is 11.4. The Morgan fingerprint density at radius 3 is 2.76 bits per heavy atom. The van der Waals surface area contributed by atoms with Crippen LogP contribution in [0.5, 0.6) is 0 Å². The Hall–Kier alpha value is -2.25. The van der Waals surface area contributed by atoms with Crippen LogP contribution in [0.4, 0.5) is 11.6 Å². The topological polar surface area (TPSA) is 110 Å². The highest BCUT2D eigenvalue weighted by molar-refractivity contribution is 5.84. The lowest BCUT2D eigenvalue weighted by Gasteiger charge is -2.22. The molecule has 1 aliphatic heterocycles. The summed E-state index contributed by atoms with van der Waals surface area (Å²) in [6.07, 6.45) is 3.80. The summed E-state index contributed by atoms with van der Waals surface area (Å²) in [5.74, 6) is 0.121. The minimum absolute atomic E-state index is 0.0989. The van der Waals surface area contributed by atoms with Crippen LogP contribution in [0.1, 0.15) is 12.8 Å². The van der Waals surface area contributed by atoms with Gasteiger partial charge in [0.05, 0.1) is 4.92 Å². The van der Waals surface area contributed by atoms with Gasteiger partial charge in [0.15, 0.2) is 0 Å². The van der Waals surface area contributed by atoms with E-state index in [2.05, 4.69) is 20.6 Å². The van der Waals surface area contributed by atoms with E-state index in [1.807, 2.05) is 0 Å². The Morgan fingerprint density at radius 2 is 2.18 bits per heavy atom. The highest BCUT2D eigenvalue weighted by Crippen LogP contribution is 2.11. The molecule has 0 radical (unpaired) electrons. The molecular weight excluding hydrogens is 226 g/mol. The molecule has 90 valence electrons. The van der Waals surface area contributed by atoms with Gasteiger partial charge in [0.1, 0.15) is 18.4 Å². The van der Waals surface area contributed by atoms with Crippen LogP contribution in [-0.2, 0) is 4.79 Å². The second-order valence-electron chi connectivity index (χ2n) is 3.65. The van der Waals surface area contributed by atoms with Crippen molar-refractivity contribution < 1.29 is 9.72 Å². The second-order valence-corrected chi connectivity index (χ2v) is 3.65. The van der Waals surface area contributed by atoms with Crippen LogP contribution in [-0.4, -0.2) is 33.4 Å². The quantitative estimate of drug-likeness (QED) is 0.568. The Bertz CT molecular complexity index is 433. The fraction of sp³-hybridized carbons (Fsp3) is 0.444. The van der Waals surface area contributed by atoms with Crippen molar-refractivity contribution in [3.8, 4) is 0 Å². The largest absolute Gasteiger partial charge is 0.354 e. The number of aromatic nitrogens is 2. The van der Waals surface area contributed by atoms with Crippen molar-refractivity contribution in [2.24, 2.45) is 0 Å². The van der Waals surface area contributed by atoms with Gasteiger partial charge in [-0.1, -0.05) is 0 Å². The second kappa shape index (κ2) is 4.73. The first kappa shape index (κ1) is 11.2. The summed E-state index contributed by atoms with van der Waals surface area (Å²) in [4.78, 5) is 28.8. The maximum atomic E-state index is 11.4. The van der Waals surface area contributed by atoms with Crippen LogP contribution < -0.4 is 10.6 Å². The van der Waals surface area contributed by atoms with Gasteiger partial charge in [0.2, 0.25) is 11.9 Å². The van der Waals surface area contributed by atoms with Crippen LogP contribution in [0.2, 0.25) is 0 Å². The number of hydrogen-bond donors (Lipinski definition) is 2. The minimum Gasteiger partial charge on any atom is -0.354 e. The van der Waals surface area contributed by atoms with Crippen molar-refractivity contribution in [2.45, 2.75) is 18.9 Å². The van der Waals surface area contributed by atoms with E-state index >= 15 is 0 Å². The molecule has 8 nitrogen and oxygen atoms in total. The summed E-state index contributed by atoms with van der Waals surface area (Å²) in [6.45, 7) is 0.679. The van der Waals surface area contributed by atoms with Crippen molar-refractivity contribution in [2.75, 3.05) is 11.9 Å². The van der Waals surface area contributed by atoms with Gasteiger partial charge in [-0.15, -0.1) is 0 Å². The Kier molecular flexibility index (Phi) is 3.12. The molecule has 17 heavy (non-hydrogen) atoms. The van der Waals surface area contributed by atoms with Crippen LogP contribution in [0, 0.1) is 10.1 Å². The van der Waals surface area contributed by atoms with Crippen LogP contribution >= 0.6 is 0 Å². The third-order valence-electron chi connectivity index (χ3n) is 2.44. The average molecular weight is 237 g/mol. The van der Waals surface area contributed by atoms with Gasteiger partial charge in [-0.25, -0.2) is 9.97 Å². The first-order valence-corrected chi connectivity index (χ1v) is 5.17. The summed E-state index contributed by atoms with van der Waals surface area (Å²) < 4.78 is 0. The molecule has 0 aromatic carbocycles. The summed E-state index contributed by atoms with van der Waals surface area (Å²) in [7, 11) is 0. The molecule has 8 heteroatoms. The first-order chi connectivity index (χ1) is 8.16. The molecule has 1 unspecified atom stereocenters. The normalized spacial score (nSPS) is 19.5. The zero-order valence-electron chi connectivity index (χ0n) is 8.92. The third-order valence-corrected chi connectivity index (χ3v) is 2.44. The van der Waals surface area contributed by atoms with Gasteiger partial charge in [-0.3, -0.25) is 14.9 Å². The summed E-state index contributed by atoms with van der Waals surface area (Å²) in [6, 6.07) is -0.370. The predicted octanol–water partition coefficient (Wildman–Crippen LogP) is 0.0753. The molecule has 2 heterocycles. The van der Waals surface area contributed by atoms with Crippen molar-refractivity contribution in [1.29, 1.82) is 0 Å². The Labute approximate surface area is 96.6 Å². The minimum atomic E-state index is -0.572. The molecule has 1 aliphatic rings. The van der Waals surface area contributed by atoms with E-state index in [1.54, 1.807) is 0 Å². The number of anilines is 1. The molecule has 1 aromatic heterocycles. The van der Waals surface area contributed by atoms with Gasteiger partial charge < -0.3 is 10.6 Å². The van der Waals surface area contributed by atoms with E-state index in [0.29, 0.717) is 13.0 Å². The van der Waals surface area contributed by atoms with E-state index in [9.17, 15) is 14.9 Å². The van der Waals surface area contributed by atoms with Crippen molar-refractivity contribution in [3.05, 3.63) is 22.5 Å².